The first-order chi connectivity index (χ1) is 17.4. The molecule has 3 rings (SSSR count). The van der Waals surface area contributed by atoms with Crippen LogP contribution in [0.2, 0.25) is 10.0 Å². The Morgan fingerprint density at radius 3 is 2.35 bits per heavy atom. The van der Waals surface area contributed by atoms with Crippen LogP contribution < -0.4 is 9.62 Å². The maximum atomic E-state index is 13.7. The van der Waals surface area contributed by atoms with Crippen LogP contribution in [0.25, 0.3) is 0 Å². The molecule has 0 aliphatic heterocycles. The van der Waals surface area contributed by atoms with Crippen LogP contribution in [0.3, 0.4) is 0 Å². The van der Waals surface area contributed by atoms with Crippen LogP contribution in [-0.4, -0.2) is 50.0 Å². The summed E-state index contributed by atoms with van der Waals surface area (Å²) in [5.41, 5.74) is 2.79. The van der Waals surface area contributed by atoms with Crippen molar-refractivity contribution in [3.63, 3.8) is 0 Å². The number of amides is 2. The molecule has 1 fully saturated rings. The Balaban J connectivity index is 1.92. The first-order valence-corrected chi connectivity index (χ1v) is 15.1. The fourth-order valence-electron chi connectivity index (χ4n) is 4.59. The molecular formula is C27H35Cl2N3O4S. The minimum atomic E-state index is -3.79. The molecule has 1 N–H and O–H groups in total. The minimum Gasteiger partial charge on any atom is -0.352 e. The van der Waals surface area contributed by atoms with E-state index in [0.717, 1.165) is 53.8 Å². The summed E-state index contributed by atoms with van der Waals surface area (Å²) in [6.45, 7) is 5.00. The van der Waals surface area contributed by atoms with Crippen molar-refractivity contribution in [2.24, 2.45) is 0 Å². The Morgan fingerprint density at radius 2 is 1.73 bits per heavy atom. The Morgan fingerprint density at radius 1 is 1.05 bits per heavy atom. The second kappa shape index (κ2) is 12.5. The van der Waals surface area contributed by atoms with Gasteiger partial charge in [-0.05, 0) is 68.5 Å². The first-order valence-electron chi connectivity index (χ1n) is 12.5. The number of rotatable bonds is 9. The highest BCUT2D eigenvalue weighted by Crippen LogP contribution is 2.27. The Hall–Kier alpha value is -2.29. The van der Waals surface area contributed by atoms with E-state index >= 15 is 0 Å². The monoisotopic (exact) mass is 567 g/mol. The molecule has 0 saturated heterocycles. The highest BCUT2D eigenvalue weighted by Gasteiger charge is 2.31. The summed E-state index contributed by atoms with van der Waals surface area (Å²) >= 11 is 12.3. The van der Waals surface area contributed by atoms with E-state index in [4.69, 9.17) is 23.2 Å². The number of anilines is 1. The fourth-order valence-corrected chi connectivity index (χ4v) is 5.81. The van der Waals surface area contributed by atoms with E-state index in [9.17, 15) is 18.0 Å². The predicted molar refractivity (Wildman–Crippen MR) is 150 cm³/mol. The van der Waals surface area contributed by atoms with E-state index in [1.165, 1.54) is 4.90 Å². The van der Waals surface area contributed by atoms with Crippen LogP contribution >= 0.6 is 23.2 Å². The second-order valence-corrected chi connectivity index (χ2v) is 12.5. The lowest BCUT2D eigenvalue weighted by Gasteiger charge is -2.33. The Kier molecular flexibility index (Phi) is 9.89. The number of carbonyl (C=O) groups is 2. The van der Waals surface area contributed by atoms with Crippen molar-refractivity contribution in [1.29, 1.82) is 0 Å². The molecule has 2 aromatic rings. The van der Waals surface area contributed by atoms with E-state index in [1.807, 2.05) is 19.9 Å². The number of nitrogens with one attached hydrogen (secondary N) is 1. The van der Waals surface area contributed by atoms with E-state index in [1.54, 1.807) is 37.3 Å². The molecule has 2 aromatic carbocycles. The lowest BCUT2D eigenvalue weighted by Crippen LogP contribution is -2.53. The van der Waals surface area contributed by atoms with E-state index in [-0.39, 0.29) is 18.5 Å². The van der Waals surface area contributed by atoms with Gasteiger partial charge in [-0.25, -0.2) is 8.42 Å². The van der Waals surface area contributed by atoms with Gasteiger partial charge in [-0.2, -0.15) is 0 Å². The van der Waals surface area contributed by atoms with Crippen molar-refractivity contribution in [1.82, 2.24) is 10.2 Å². The van der Waals surface area contributed by atoms with Gasteiger partial charge in [0.05, 0.1) is 22.0 Å². The molecule has 0 spiro atoms. The van der Waals surface area contributed by atoms with Crippen LogP contribution in [0.5, 0.6) is 0 Å². The van der Waals surface area contributed by atoms with Crippen LogP contribution in [0.4, 0.5) is 5.69 Å². The number of aryl methyl sites for hydroxylation is 1. The SMILES string of the molecule is Cc1cccc(N(CC(=O)N(Cc2ccc(Cl)c(Cl)c2)C(C)C(=O)NC2CCCCC2)S(C)(=O)=O)c1C. The van der Waals surface area contributed by atoms with Crippen LogP contribution in [0.15, 0.2) is 36.4 Å². The molecule has 7 nitrogen and oxygen atoms in total. The molecule has 1 aliphatic rings. The molecule has 0 radical (unpaired) electrons. The van der Waals surface area contributed by atoms with Gasteiger partial charge in [0.1, 0.15) is 12.6 Å². The smallest absolute Gasteiger partial charge is 0.244 e. The van der Waals surface area contributed by atoms with Crippen molar-refractivity contribution >= 4 is 50.7 Å². The van der Waals surface area contributed by atoms with E-state index in [2.05, 4.69) is 5.32 Å². The van der Waals surface area contributed by atoms with Crippen LogP contribution in [0, 0.1) is 13.8 Å². The fraction of sp³-hybridized carbons (Fsp3) is 0.481. The molecule has 0 aromatic heterocycles. The molecule has 10 heteroatoms. The van der Waals surface area contributed by atoms with Gasteiger partial charge in [0.25, 0.3) is 0 Å². The second-order valence-electron chi connectivity index (χ2n) is 9.78. The van der Waals surface area contributed by atoms with E-state index in [0.29, 0.717) is 21.3 Å². The van der Waals surface area contributed by atoms with Crippen molar-refractivity contribution < 1.29 is 18.0 Å². The predicted octanol–water partition coefficient (Wildman–Crippen LogP) is 5.24. The van der Waals surface area contributed by atoms with Crippen molar-refractivity contribution in [3.05, 3.63) is 63.1 Å². The zero-order valence-corrected chi connectivity index (χ0v) is 24.1. The van der Waals surface area contributed by atoms with Gasteiger partial charge in [-0.1, -0.05) is 60.7 Å². The molecule has 0 heterocycles. The van der Waals surface area contributed by atoms with Gasteiger partial charge in [0, 0.05) is 12.6 Å². The number of nitrogens with zero attached hydrogens (tertiary/aromatic N) is 2. The summed E-state index contributed by atoms with van der Waals surface area (Å²) in [5, 5.41) is 3.79. The first kappa shape index (κ1) is 29.3. The number of halogens is 2. The number of sulfonamides is 1. The highest BCUT2D eigenvalue weighted by atomic mass is 35.5. The van der Waals surface area contributed by atoms with Gasteiger partial charge >= 0.3 is 0 Å². The molecule has 0 bridgehead atoms. The molecule has 37 heavy (non-hydrogen) atoms. The minimum absolute atomic E-state index is 0.0688. The summed E-state index contributed by atoms with van der Waals surface area (Å²) in [7, 11) is -3.79. The van der Waals surface area contributed by atoms with Crippen molar-refractivity contribution in [2.75, 3.05) is 17.1 Å². The third-order valence-corrected chi connectivity index (χ3v) is 8.85. The average Bonchev–Trinajstić information content (AvgIpc) is 2.84. The Bertz CT molecular complexity index is 1250. The summed E-state index contributed by atoms with van der Waals surface area (Å²) in [6, 6.07) is 9.58. The molecule has 1 atom stereocenters. The zero-order valence-electron chi connectivity index (χ0n) is 21.8. The zero-order chi connectivity index (χ0) is 27.3. The van der Waals surface area contributed by atoms with Crippen LogP contribution in [0.1, 0.15) is 55.7 Å². The summed E-state index contributed by atoms with van der Waals surface area (Å²) in [6.07, 6.45) is 6.17. The standard InChI is InChI=1S/C27H35Cl2N3O4S/c1-18-9-8-12-25(19(18)2)32(37(4,35)36)17-26(33)31(16-21-13-14-23(28)24(29)15-21)20(3)27(34)30-22-10-6-5-7-11-22/h8-9,12-15,20,22H,5-7,10-11,16-17H2,1-4H3,(H,30,34). The summed E-state index contributed by atoms with van der Waals surface area (Å²) in [5.74, 6) is -0.762. The van der Waals surface area contributed by atoms with Crippen molar-refractivity contribution in [3.8, 4) is 0 Å². The molecule has 1 unspecified atom stereocenters. The Labute approximate surface area is 230 Å². The normalized spacial score (nSPS) is 15.2. The topological polar surface area (TPSA) is 86.8 Å². The molecule has 1 saturated carbocycles. The van der Waals surface area contributed by atoms with Gasteiger partial charge < -0.3 is 10.2 Å². The van der Waals surface area contributed by atoms with Gasteiger partial charge in [-0.15, -0.1) is 0 Å². The van der Waals surface area contributed by atoms with Crippen molar-refractivity contribution in [2.45, 2.75) is 71.5 Å². The number of carbonyl (C=O) groups excluding carboxylic acids is 2. The van der Waals surface area contributed by atoms with Gasteiger partial charge in [0.15, 0.2) is 0 Å². The summed E-state index contributed by atoms with van der Waals surface area (Å²) < 4.78 is 26.7. The molecule has 202 valence electrons. The summed E-state index contributed by atoms with van der Waals surface area (Å²) in [4.78, 5) is 28.4. The van der Waals surface area contributed by atoms with E-state index < -0.39 is 28.5 Å². The van der Waals surface area contributed by atoms with Gasteiger partial charge in [-0.3, -0.25) is 13.9 Å². The average molecular weight is 569 g/mol. The molecule has 1 aliphatic carbocycles. The lowest BCUT2D eigenvalue weighted by molar-refractivity contribution is -0.139. The third-order valence-electron chi connectivity index (χ3n) is 6.98. The quantitative estimate of drug-likeness (QED) is 0.448. The highest BCUT2D eigenvalue weighted by molar-refractivity contribution is 7.92. The maximum absolute atomic E-state index is 13.7. The number of hydrogen-bond donors (Lipinski definition) is 1. The largest absolute Gasteiger partial charge is 0.352 e. The van der Waals surface area contributed by atoms with Gasteiger partial charge in [0.2, 0.25) is 21.8 Å². The third kappa shape index (κ3) is 7.62. The lowest BCUT2D eigenvalue weighted by atomic mass is 9.95. The van der Waals surface area contributed by atoms with Crippen LogP contribution in [-0.2, 0) is 26.2 Å². The molecular weight excluding hydrogens is 533 g/mol. The number of benzene rings is 2. The maximum Gasteiger partial charge on any atom is 0.244 e. The molecule has 2 amide bonds. The number of hydrogen-bond acceptors (Lipinski definition) is 4.